The van der Waals surface area contributed by atoms with Gasteiger partial charge in [0, 0.05) is 11.1 Å². The smallest absolute Gasteiger partial charge is 0.224 e. The van der Waals surface area contributed by atoms with Gasteiger partial charge >= 0.3 is 0 Å². The Morgan fingerprint density at radius 3 is 2.82 bits per heavy atom. The first-order valence-corrected chi connectivity index (χ1v) is 6.22. The van der Waals surface area contributed by atoms with Crippen LogP contribution in [0.3, 0.4) is 0 Å². The van der Waals surface area contributed by atoms with E-state index in [9.17, 15) is 0 Å². The summed E-state index contributed by atoms with van der Waals surface area (Å²) >= 11 is 7.35. The minimum atomic E-state index is 0.0296. The third kappa shape index (κ3) is 2.83. The molecular formula is C10H12ClN5S. The lowest BCUT2D eigenvalue weighted by atomic mass is 10.3. The zero-order chi connectivity index (χ0) is 12.4. The van der Waals surface area contributed by atoms with Crippen LogP contribution in [0.15, 0.2) is 12.4 Å². The van der Waals surface area contributed by atoms with E-state index >= 15 is 0 Å². The van der Waals surface area contributed by atoms with E-state index in [1.807, 2.05) is 20.0 Å². The highest BCUT2D eigenvalue weighted by Crippen LogP contribution is 2.25. The van der Waals surface area contributed by atoms with Gasteiger partial charge in [0.25, 0.3) is 0 Å². The maximum atomic E-state index is 5.76. The van der Waals surface area contributed by atoms with E-state index in [4.69, 9.17) is 17.3 Å². The molecule has 0 radical (unpaired) electrons. The Balaban J connectivity index is 2.18. The number of rotatable bonds is 3. The summed E-state index contributed by atoms with van der Waals surface area (Å²) in [4.78, 5) is 13.3. The molecule has 3 N–H and O–H groups in total. The van der Waals surface area contributed by atoms with Crippen molar-refractivity contribution in [1.29, 1.82) is 0 Å². The summed E-state index contributed by atoms with van der Waals surface area (Å²) in [6, 6.07) is 0.0296. The van der Waals surface area contributed by atoms with E-state index in [-0.39, 0.29) is 11.3 Å². The van der Waals surface area contributed by atoms with Crippen LogP contribution in [0.5, 0.6) is 0 Å². The van der Waals surface area contributed by atoms with E-state index < -0.39 is 0 Å². The molecule has 0 aliphatic carbocycles. The summed E-state index contributed by atoms with van der Waals surface area (Å²) in [6.45, 7) is 4.01. The number of aryl methyl sites for hydroxylation is 1. The molecule has 2 heterocycles. The molecule has 90 valence electrons. The monoisotopic (exact) mass is 269 g/mol. The number of anilines is 2. The maximum absolute atomic E-state index is 5.76. The quantitative estimate of drug-likeness (QED) is 0.838. The lowest BCUT2D eigenvalue weighted by Crippen LogP contribution is -2.10. The topological polar surface area (TPSA) is 76.7 Å². The Morgan fingerprint density at radius 1 is 1.41 bits per heavy atom. The third-order valence-corrected chi connectivity index (χ3v) is 3.43. The highest BCUT2D eigenvalue weighted by atomic mass is 35.5. The standard InChI is InChI=1S/C10H12ClN5S/c1-5-3-13-9(17-5)6(2)15-8-7(12)4-14-10(11)16-8/h3-4,6H,12H2,1-2H3,(H,14,15,16). The number of thiazole rings is 1. The van der Waals surface area contributed by atoms with Crippen LogP contribution in [-0.2, 0) is 0 Å². The minimum absolute atomic E-state index is 0.0296. The van der Waals surface area contributed by atoms with E-state index in [0.29, 0.717) is 11.5 Å². The summed E-state index contributed by atoms with van der Waals surface area (Å²) in [5, 5.41) is 4.32. The number of nitrogen functional groups attached to an aromatic ring is 1. The van der Waals surface area contributed by atoms with Crippen LogP contribution in [0.2, 0.25) is 5.28 Å². The molecule has 2 aromatic rings. The van der Waals surface area contributed by atoms with Gasteiger partial charge in [-0.3, -0.25) is 0 Å². The van der Waals surface area contributed by atoms with Gasteiger partial charge in [-0.25, -0.2) is 9.97 Å². The van der Waals surface area contributed by atoms with Gasteiger partial charge in [-0.15, -0.1) is 11.3 Å². The molecule has 7 heteroatoms. The molecule has 17 heavy (non-hydrogen) atoms. The van der Waals surface area contributed by atoms with E-state index in [2.05, 4.69) is 20.3 Å². The lowest BCUT2D eigenvalue weighted by molar-refractivity contribution is 0.859. The Labute approximate surface area is 108 Å². The molecule has 1 unspecified atom stereocenters. The third-order valence-electron chi connectivity index (χ3n) is 2.15. The van der Waals surface area contributed by atoms with Crippen molar-refractivity contribution in [2.75, 3.05) is 11.1 Å². The molecule has 0 aliphatic heterocycles. The predicted octanol–water partition coefficient (Wildman–Crippen LogP) is 2.65. The van der Waals surface area contributed by atoms with Gasteiger partial charge in [0.05, 0.1) is 17.9 Å². The zero-order valence-corrected chi connectivity index (χ0v) is 11.0. The van der Waals surface area contributed by atoms with Crippen molar-refractivity contribution in [3.8, 4) is 0 Å². The summed E-state index contributed by atoms with van der Waals surface area (Å²) in [6.07, 6.45) is 3.33. The van der Waals surface area contributed by atoms with Crippen molar-refractivity contribution in [2.45, 2.75) is 19.9 Å². The fourth-order valence-corrected chi connectivity index (χ4v) is 2.23. The molecule has 0 bridgehead atoms. The van der Waals surface area contributed by atoms with Gasteiger partial charge < -0.3 is 11.1 Å². The number of hydrogen-bond donors (Lipinski definition) is 2. The Bertz CT molecular complexity index is 527. The van der Waals surface area contributed by atoms with Gasteiger partial charge in [0.2, 0.25) is 5.28 Å². The summed E-state index contributed by atoms with van der Waals surface area (Å²) < 4.78 is 0. The minimum Gasteiger partial charge on any atom is -0.394 e. The Morgan fingerprint density at radius 2 is 2.18 bits per heavy atom. The molecule has 1 atom stereocenters. The molecule has 0 fully saturated rings. The molecule has 0 aromatic carbocycles. The maximum Gasteiger partial charge on any atom is 0.224 e. The largest absolute Gasteiger partial charge is 0.394 e. The number of hydrogen-bond acceptors (Lipinski definition) is 6. The van der Waals surface area contributed by atoms with E-state index in [1.54, 1.807) is 11.3 Å². The van der Waals surface area contributed by atoms with Crippen LogP contribution in [0.4, 0.5) is 11.5 Å². The van der Waals surface area contributed by atoms with Gasteiger partial charge in [0.15, 0.2) is 5.82 Å². The first-order valence-electron chi connectivity index (χ1n) is 5.03. The fraction of sp³-hybridized carbons (Fsp3) is 0.300. The van der Waals surface area contributed by atoms with Crippen molar-refractivity contribution in [2.24, 2.45) is 0 Å². The molecule has 0 saturated carbocycles. The molecule has 0 saturated heterocycles. The Kier molecular flexibility index (Phi) is 3.44. The highest BCUT2D eigenvalue weighted by Gasteiger charge is 2.12. The fourth-order valence-electron chi connectivity index (χ4n) is 1.32. The lowest BCUT2D eigenvalue weighted by Gasteiger charge is -2.13. The molecule has 0 amide bonds. The van der Waals surface area contributed by atoms with Crippen molar-refractivity contribution in [3.05, 3.63) is 27.6 Å². The molecule has 2 aromatic heterocycles. The van der Waals surface area contributed by atoms with Crippen LogP contribution in [0.1, 0.15) is 22.9 Å². The molecule has 2 rings (SSSR count). The second-order valence-electron chi connectivity index (χ2n) is 3.62. The molecule has 0 aliphatic rings. The Hall–Kier alpha value is -1.40. The molecule has 0 spiro atoms. The van der Waals surface area contributed by atoms with Crippen molar-refractivity contribution < 1.29 is 0 Å². The summed E-state index contributed by atoms with van der Waals surface area (Å²) in [5.74, 6) is 0.533. The zero-order valence-electron chi connectivity index (χ0n) is 9.44. The van der Waals surface area contributed by atoms with Gasteiger partial charge in [-0.05, 0) is 25.4 Å². The van der Waals surface area contributed by atoms with Crippen molar-refractivity contribution in [3.63, 3.8) is 0 Å². The highest BCUT2D eigenvalue weighted by molar-refractivity contribution is 7.11. The van der Waals surface area contributed by atoms with Crippen LogP contribution >= 0.6 is 22.9 Å². The number of nitrogens with zero attached hydrogens (tertiary/aromatic N) is 3. The van der Waals surface area contributed by atoms with E-state index in [1.165, 1.54) is 11.1 Å². The molecular weight excluding hydrogens is 258 g/mol. The average Bonchev–Trinajstić information content (AvgIpc) is 2.70. The van der Waals surface area contributed by atoms with Crippen molar-refractivity contribution in [1.82, 2.24) is 15.0 Å². The SMILES string of the molecule is Cc1cnc(C(C)Nc2nc(Cl)ncc2N)s1. The van der Waals surface area contributed by atoms with Crippen LogP contribution < -0.4 is 11.1 Å². The second-order valence-corrected chi connectivity index (χ2v) is 5.22. The van der Waals surface area contributed by atoms with E-state index in [0.717, 1.165) is 5.01 Å². The normalized spacial score (nSPS) is 12.4. The van der Waals surface area contributed by atoms with Gasteiger partial charge in [-0.1, -0.05) is 0 Å². The number of nitrogens with one attached hydrogen (secondary N) is 1. The van der Waals surface area contributed by atoms with Crippen LogP contribution in [-0.4, -0.2) is 15.0 Å². The molecule has 5 nitrogen and oxygen atoms in total. The predicted molar refractivity (Wildman–Crippen MR) is 70.3 cm³/mol. The first-order chi connectivity index (χ1) is 8.06. The summed E-state index contributed by atoms with van der Waals surface area (Å²) in [7, 11) is 0. The van der Waals surface area contributed by atoms with Gasteiger partial charge in [-0.2, -0.15) is 4.98 Å². The summed E-state index contributed by atoms with van der Waals surface area (Å²) in [5.41, 5.74) is 6.23. The van der Waals surface area contributed by atoms with Crippen molar-refractivity contribution >= 4 is 34.4 Å². The number of aromatic nitrogens is 3. The average molecular weight is 270 g/mol. The number of halogens is 1. The first kappa shape index (κ1) is 12.1. The second kappa shape index (κ2) is 4.85. The van der Waals surface area contributed by atoms with Crippen LogP contribution in [0, 0.1) is 6.92 Å². The van der Waals surface area contributed by atoms with Gasteiger partial charge in [0.1, 0.15) is 5.01 Å². The van der Waals surface area contributed by atoms with Crippen LogP contribution in [0.25, 0.3) is 0 Å². The number of nitrogens with two attached hydrogens (primary N) is 1.